The van der Waals surface area contributed by atoms with Crippen LogP contribution in [0, 0.1) is 0 Å². The molecule has 1 aliphatic heterocycles. The van der Waals surface area contributed by atoms with Crippen molar-refractivity contribution in [2.45, 2.75) is 17.6 Å². The quantitative estimate of drug-likeness (QED) is 0.849. The third-order valence-corrected chi connectivity index (χ3v) is 5.65. The van der Waals surface area contributed by atoms with E-state index in [1.807, 2.05) is 4.90 Å². The molecule has 0 unspecified atom stereocenters. The second-order valence-corrected chi connectivity index (χ2v) is 7.82. The third kappa shape index (κ3) is 3.78. The van der Waals surface area contributed by atoms with Crippen molar-refractivity contribution in [2.24, 2.45) is 0 Å². The molecule has 2 N–H and O–H groups in total. The van der Waals surface area contributed by atoms with Gasteiger partial charge >= 0.3 is 6.18 Å². The lowest BCUT2D eigenvalue weighted by Gasteiger charge is -2.32. The number of sulfonamides is 1. The maximum atomic E-state index is 12.7. The van der Waals surface area contributed by atoms with Crippen molar-refractivity contribution in [3.8, 4) is 0 Å². The molecule has 9 heteroatoms. The summed E-state index contributed by atoms with van der Waals surface area (Å²) in [6.45, 7) is 1.70. The summed E-state index contributed by atoms with van der Waals surface area (Å²) in [4.78, 5) is 2.16. The van der Waals surface area contributed by atoms with Gasteiger partial charge in [-0.15, -0.1) is 0 Å². The van der Waals surface area contributed by atoms with Gasteiger partial charge in [-0.1, -0.05) is 12.1 Å². The molecule has 0 bridgehead atoms. The zero-order chi connectivity index (χ0) is 18.9. The van der Waals surface area contributed by atoms with Gasteiger partial charge in [0, 0.05) is 19.6 Å². The van der Waals surface area contributed by atoms with E-state index in [9.17, 15) is 21.6 Å². The Morgan fingerprint density at radius 2 is 1.85 bits per heavy atom. The number of anilines is 2. The number of nitrogens with one attached hydrogen (secondary N) is 2. The normalized spacial score (nSPS) is 14.7. The molecule has 0 aliphatic carbocycles. The monoisotopic (exact) mass is 385 g/mol. The third-order valence-electron chi connectivity index (χ3n) is 4.24. The van der Waals surface area contributed by atoms with Gasteiger partial charge in [-0.3, -0.25) is 0 Å². The highest BCUT2D eigenvalue weighted by molar-refractivity contribution is 7.89. The SMILES string of the molecule is CNS(=O)(=O)c1ccc2c(c1)NCCN2Cc1ccc(C(F)(F)F)cc1. The summed E-state index contributed by atoms with van der Waals surface area (Å²) in [7, 11) is -2.20. The lowest BCUT2D eigenvalue weighted by Crippen LogP contribution is -2.33. The number of hydrogen-bond acceptors (Lipinski definition) is 4. The van der Waals surface area contributed by atoms with Gasteiger partial charge in [0.25, 0.3) is 0 Å². The number of nitrogens with zero attached hydrogens (tertiary/aromatic N) is 1. The predicted octanol–water partition coefficient (Wildman–Crippen LogP) is 3.05. The second kappa shape index (κ2) is 6.81. The molecule has 140 valence electrons. The molecule has 0 amide bonds. The molecule has 0 spiro atoms. The van der Waals surface area contributed by atoms with E-state index in [0.29, 0.717) is 25.3 Å². The average molecular weight is 385 g/mol. The van der Waals surface area contributed by atoms with Crippen LogP contribution >= 0.6 is 0 Å². The largest absolute Gasteiger partial charge is 0.416 e. The minimum absolute atomic E-state index is 0.155. The smallest absolute Gasteiger partial charge is 0.382 e. The van der Waals surface area contributed by atoms with E-state index in [1.54, 1.807) is 12.1 Å². The molecule has 5 nitrogen and oxygen atoms in total. The zero-order valence-corrected chi connectivity index (χ0v) is 14.8. The van der Waals surface area contributed by atoms with Crippen LogP contribution in [0.15, 0.2) is 47.4 Å². The molecule has 0 fully saturated rings. The molecule has 3 rings (SSSR count). The number of halogens is 3. The number of hydrogen-bond donors (Lipinski definition) is 2. The Hall–Kier alpha value is -2.26. The second-order valence-electron chi connectivity index (χ2n) is 5.93. The summed E-state index contributed by atoms with van der Waals surface area (Å²) >= 11 is 0. The van der Waals surface area contributed by atoms with Gasteiger partial charge in [-0.05, 0) is 42.9 Å². The van der Waals surface area contributed by atoms with Crippen molar-refractivity contribution in [1.29, 1.82) is 0 Å². The van der Waals surface area contributed by atoms with Crippen LogP contribution in [0.5, 0.6) is 0 Å². The van der Waals surface area contributed by atoms with Gasteiger partial charge in [-0.25, -0.2) is 13.1 Å². The Balaban J connectivity index is 1.84. The van der Waals surface area contributed by atoms with E-state index in [2.05, 4.69) is 10.0 Å². The average Bonchev–Trinajstić information content (AvgIpc) is 2.61. The van der Waals surface area contributed by atoms with Gasteiger partial charge in [0.15, 0.2) is 0 Å². The molecule has 2 aromatic carbocycles. The first kappa shape index (κ1) is 18.5. The van der Waals surface area contributed by atoms with E-state index in [1.165, 1.54) is 25.2 Å². The Bertz CT molecular complexity index is 896. The highest BCUT2D eigenvalue weighted by Crippen LogP contribution is 2.33. The highest BCUT2D eigenvalue weighted by Gasteiger charge is 2.30. The van der Waals surface area contributed by atoms with Gasteiger partial charge in [0.05, 0.1) is 21.8 Å². The Labute approximate surface area is 149 Å². The first-order chi connectivity index (χ1) is 12.2. The van der Waals surface area contributed by atoms with Gasteiger partial charge in [-0.2, -0.15) is 13.2 Å². The Morgan fingerprint density at radius 3 is 2.46 bits per heavy atom. The number of rotatable bonds is 4. The summed E-state index contributed by atoms with van der Waals surface area (Å²) in [6.07, 6.45) is -4.35. The lowest BCUT2D eigenvalue weighted by molar-refractivity contribution is -0.137. The van der Waals surface area contributed by atoms with Crippen LogP contribution in [-0.2, 0) is 22.7 Å². The van der Waals surface area contributed by atoms with Crippen LogP contribution in [0.3, 0.4) is 0 Å². The van der Waals surface area contributed by atoms with Crippen molar-refractivity contribution in [2.75, 3.05) is 30.4 Å². The van der Waals surface area contributed by atoms with Gasteiger partial charge < -0.3 is 10.2 Å². The van der Waals surface area contributed by atoms with E-state index in [4.69, 9.17) is 0 Å². The van der Waals surface area contributed by atoms with Crippen molar-refractivity contribution < 1.29 is 21.6 Å². The van der Waals surface area contributed by atoms with Crippen molar-refractivity contribution in [3.05, 3.63) is 53.6 Å². The fraction of sp³-hybridized carbons (Fsp3) is 0.294. The van der Waals surface area contributed by atoms with E-state index >= 15 is 0 Å². The molecule has 2 aromatic rings. The summed E-state index contributed by atoms with van der Waals surface area (Å²) < 4.78 is 64.1. The topological polar surface area (TPSA) is 61.4 Å². The minimum Gasteiger partial charge on any atom is -0.382 e. The molecular weight excluding hydrogens is 367 g/mol. The van der Waals surface area contributed by atoms with Crippen LogP contribution in [0.25, 0.3) is 0 Å². The minimum atomic E-state index is -4.35. The summed E-state index contributed by atoms with van der Waals surface area (Å²) in [5.41, 5.74) is 1.56. The molecule has 1 aliphatic rings. The van der Waals surface area contributed by atoms with E-state index in [0.717, 1.165) is 23.4 Å². The fourth-order valence-electron chi connectivity index (χ4n) is 2.85. The summed E-state index contributed by atoms with van der Waals surface area (Å²) in [5.74, 6) is 0. The van der Waals surface area contributed by atoms with Crippen molar-refractivity contribution in [3.63, 3.8) is 0 Å². The fourth-order valence-corrected chi connectivity index (χ4v) is 3.60. The van der Waals surface area contributed by atoms with Gasteiger partial charge in [0.2, 0.25) is 10.0 Å². The Kier molecular flexibility index (Phi) is 4.85. The maximum Gasteiger partial charge on any atom is 0.416 e. The van der Waals surface area contributed by atoms with Crippen LogP contribution in [0.2, 0.25) is 0 Å². The van der Waals surface area contributed by atoms with Gasteiger partial charge in [0.1, 0.15) is 0 Å². The number of fused-ring (bicyclic) bond motifs is 1. The molecule has 1 heterocycles. The van der Waals surface area contributed by atoms with Crippen LogP contribution in [-0.4, -0.2) is 28.6 Å². The number of benzene rings is 2. The standard InChI is InChI=1S/C17H18F3N3O2S/c1-21-26(24,25)14-6-7-16-15(10-14)22-8-9-23(16)11-12-2-4-13(5-3-12)17(18,19)20/h2-7,10,21-22H,8-9,11H2,1H3. The lowest BCUT2D eigenvalue weighted by atomic mass is 10.1. The van der Waals surface area contributed by atoms with E-state index < -0.39 is 21.8 Å². The van der Waals surface area contributed by atoms with Crippen LogP contribution < -0.4 is 14.9 Å². The first-order valence-corrected chi connectivity index (χ1v) is 9.41. The molecule has 0 atom stereocenters. The molecule has 0 radical (unpaired) electrons. The first-order valence-electron chi connectivity index (χ1n) is 7.93. The van der Waals surface area contributed by atoms with Crippen molar-refractivity contribution >= 4 is 21.4 Å². The maximum absolute atomic E-state index is 12.7. The molecule has 0 saturated carbocycles. The Morgan fingerprint density at radius 1 is 1.15 bits per heavy atom. The molecule has 26 heavy (non-hydrogen) atoms. The molecule has 0 saturated heterocycles. The van der Waals surface area contributed by atoms with Crippen LogP contribution in [0.1, 0.15) is 11.1 Å². The predicted molar refractivity (Wildman–Crippen MR) is 93.7 cm³/mol. The highest BCUT2D eigenvalue weighted by atomic mass is 32.2. The molecule has 0 aromatic heterocycles. The van der Waals surface area contributed by atoms with E-state index in [-0.39, 0.29) is 4.90 Å². The molecular formula is C17H18F3N3O2S. The summed E-state index contributed by atoms with van der Waals surface area (Å²) in [6, 6.07) is 9.84. The van der Waals surface area contributed by atoms with Crippen LogP contribution in [0.4, 0.5) is 24.5 Å². The number of alkyl halides is 3. The summed E-state index contributed by atoms with van der Waals surface area (Å²) in [5, 5.41) is 3.16. The zero-order valence-electron chi connectivity index (χ0n) is 14.0. The van der Waals surface area contributed by atoms with Crippen molar-refractivity contribution in [1.82, 2.24) is 4.72 Å².